The molecular formula is C9H12ClN3O4. The molecule has 0 saturated carbocycles. The lowest BCUT2D eigenvalue weighted by molar-refractivity contribution is -0.0349. The summed E-state index contributed by atoms with van der Waals surface area (Å²) in [5.41, 5.74) is 4.67. The summed E-state index contributed by atoms with van der Waals surface area (Å²) in [6.07, 6.45) is -2.66. The van der Waals surface area contributed by atoms with Crippen LogP contribution in [0.25, 0.3) is 0 Å². The van der Waals surface area contributed by atoms with Gasteiger partial charge in [-0.3, -0.25) is 4.57 Å². The maximum absolute atomic E-state index is 11.6. The molecule has 1 aromatic rings. The van der Waals surface area contributed by atoms with Gasteiger partial charge in [0.25, 0.3) is 0 Å². The molecular weight excluding hydrogens is 250 g/mol. The van der Waals surface area contributed by atoms with Crippen LogP contribution < -0.4 is 11.4 Å². The monoisotopic (exact) mass is 261 g/mol. The van der Waals surface area contributed by atoms with Crippen molar-refractivity contribution in [1.82, 2.24) is 9.55 Å². The van der Waals surface area contributed by atoms with Crippen LogP contribution in [0.1, 0.15) is 13.2 Å². The highest BCUT2D eigenvalue weighted by Gasteiger charge is 2.41. The number of nitrogens with zero attached hydrogens (tertiary/aromatic N) is 2. The molecule has 1 aliphatic heterocycles. The third-order valence-electron chi connectivity index (χ3n) is 2.69. The fraction of sp³-hybridized carbons (Fsp3) is 0.556. The Hall–Kier alpha value is -1.15. The lowest BCUT2D eigenvalue weighted by atomic mass is 10.1. The molecule has 2 heterocycles. The van der Waals surface area contributed by atoms with Crippen LogP contribution in [0, 0.1) is 0 Å². The van der Waals surface area contributed by atoms with E-state index < -0.39 is 30.2 Å². The minimum absolute atomic E-state index is 0.0782. The first-order valence-electron chi connectivity index (χ1n) is 4.97. The lowest BCUT2D eigenvalue weighted by Crippen LogP contribution is -2.35. The fourth-order valence-corrected chi connectivity index (χ4v) is 1.84. The minimum atomic E-state index is -1.22. The van der Waals surface area contributed by atoms with Crippen molar-refractivity contribution in [2.75, 3.05) is 5.73 Å². The first-order chi connectivity index (χ1) is 7.91. The number of anilines is 1. The van der Waals surface area contributed by atoms with Gasteiger partial charge in [-0.05, 0) is 6.92 Å². The molecule has 1 aromatic heterocycles. The van der Waals surface area contributed by atoms with Gasteiger partial charge in [-0.1, -0.05) is 11.6 Å². The van der Waals surface area contributed by atoms with Crippen molar-refractivity contribution < 1.29 is 14.9 Å². The van der Waals surface area contributed by atoms with Gasteiger partial charge < -0.3 is 20.7 Å². The average molecular weight is 262 g/mol. The second-order valence-corrected chi connectivity index (χ2v) is 4.28. The molecule has 0 aliphatic carbocycles. The molecule has 94 valence electrons. The number of aromatic nitrogens is 2. The topological polar surface area (TPSA) is 111 Å². The predicted molar refractivity (Wildman–Crippen MR) is 59.5 cm³/mol. The van der Waals surface area contributed by atoms with E-state index in [0.29, 0.717) is 0 Å². The number of hydrogen-bond acceptors (Lipinski definition) is 6. The van der Waals surface area contributed by atoms with E-state index >= 15 is 0 Å². The van der Waals surface area contributed by atoms with Crippen molar-refractivity contribution in [3.05, 3.63) is 21.7 Å². The fourth-order valence-electron chi connectivity index (χ4n) is 1.70. The van der Waals surface area contributed by atoms with Crippen LogP contribution >= 0.6 is 11.6 Å². The molecule has 0 amide bonds. The number of aliphatic hydroxyl groups is 2. The summed E-state index contributed by atoms with van der Waals surface area (Å²) >= 11 is 5.74. The first kappa shape index (κ1) is 12.3. The van der Waals surface area contributed by atoms with Gasteiger partial charge in [0.2, 0.25) is 0 Å². The normalized spacial score (nSPS) is 32.9. The molecule has 1 fully saturated rings. The quantitative estimate of drug-likeness (QED) is 0.605. The van der Waals surface area contributed by atoms with E-state index in [1.54, 1.807) is 6.92 Å². The highest BCUT2D eigenvalue weighted by molar-refractivity contribution is 6.32. The molecule has 1 saturated heterocycles. The van der Waals surface area contributed by atoms with E-state index in [1.165, 1.54) is 6.20 Å². The molecule has 4 atom stereocenters. The van der Waals surface area contributed by atoms with Gasteiger partial charge in [-0.25, -0.2) is 4.79 Å². The summed E-state index contributed by atoms with van der Waals surface area (Å²) in [5, 5.41) is 19.4. The number of nitrogen functional groups attached to an aromatic ring is 1. The van der Waals surface area contributed by atoms with Crippen molar-refractivity contribution in [2.45, 2.75) is 31.5 Å². The number of ether oxygens (including phenoxy) is 1. The van der Waals surface area contributed by atoms with Gasteiger partial charge >= 0.3 is 5.69 Å². The zero-order valence-corrected chi connectivity index (χ0v) is 9.70. The summed E-state index contributed by atoms with van der Waals surface area (Å²) in [5.74, 6) is -0.0889. The number of aliphatic hydroxyl groups excluding tert-OH is 2. The van der Waals surface area contributed by atoms with Crippen molar-refractivity contribution >= 4 is 17.4 Å². The predicted octanol–water partition coefficient (Wildman–Crippen LogP) is -0.882. The van der Waals surface area contributed by atoms with Crippen LogP contribution in [0.3, 0.4) is 0 Å². The maximum Gasteiger partial charge on any atom is 0.351 e. The number of rotatable bonds is 1. The zero-order chi connectivity index (χ0) is 12.7. The van der Waals surface area contributed by atoms with E-state index in [4.69, 9.17) is 22.1 Å². The highest BCUT2D eigenvalue weighted by atomic mass is 35.5. The Morgan fingerprint density at radius 1 is 1.53 bits per heavy atom. The third-order valence-corrected chi connectivity index (χ3v) is 2.98. The van der Waals surface area contributed by atoms with Crippen molar-refractivity contribution in [1.29, 1.82) is 0 Å². The molecule has 0 bridgehead atoms. The summed E-state index contributed by atoms with van der Waals surface area (Å²) in [6, 6.07) is 0. The molecule has 0 radical (unpaired) electrons. The van der Waals surface area contributed by atoms with Crippen molar-refractivity contribution in [2.24, 2.45) is 0 Å². The standard InChI is InChI=1S/C9H12ClN3O4/c1-3-5(14)6(15)8(17-3)13-2-4(10)7(11)12-9(13)16/h2-3,5-6,8,14-15H,1H3,(H2,11,12,16)/t3-,5?,6+,8-/m0/s1. The van der Waals surface area contributed by atoms with Gasteiger partial charge in [-0.2, -0.15) is 4.98 Å². The van der Waals surface area contributed by atoms with Crippen molar-refractivity contribution in [3.63, 3.8) is 0 Å². The number of nitrogens with two attached hydrogens (primary N) is 1. The van der Waals surface area contributed by atoms with Crippen LogP contribution in [0.15, 0.2) is 11.0 Å². The van der Waals surface area contributed by atoms with E-state index in [0.717, 1.165) is 4.57 Å². The van der Waals surface area contributed by atoms with Crippen LogP contribution in [0.5, 0.6) is 0 Å². The molecule has 1 aliphatic rings. The second kappa shape index (κ2) is 4.26. The number of halogens is 1. The largest absolute Gasteiger partial charge is 0.388 e. The third kappa shape index (κ3) is 2.02. The second-order valence-electron chi connectivity index (χ2n) is 3.88. The van der Waals surface area contributed by atoms with E-state index in [9.17, 15) is 15.0 Å². The molecule has 0 spiro atoms. The first-order valence-corrected chi connectivity index (χ1v) is 5.35. The molecule has 0 aromatic carbocycles. The van der Waals surface area contributed by atoms with Gasteiger partial charge in [0, 0.05) is 6.20 Å². The molecule has 17 heavy (non-hydrogen) atoms. The van der Waals surface area contributed by atoms with Crippen molar-refractivity contribution in [3.8, 4) is 0 Å². The van der Waals surface area contributed by atoms with Gasteiger partial charge in [0.05, 0.1) is 11.1 Å². The zero-order valence-electron chi connectivity index (χ0n) is 8.95. The van der Waals surface area contributed by atoms with Gasteiger partial charge in [0.15, 0.2) is 6.23 Å². The Kier molecular flexibility index (Phi) is 3.09. The Labute approximate surface area is 101 Å². The minimum Gasteiger partial charge on any atom is -0.388 e. The van der Waals surface area contributed by atoms with E-state index in [2.05, 4.69) is 4.98 Å². The summed E-state index contributed by atoms with van der Waals surface area (Å²) in [4.78, 5) is 15.1. The molecule has 2 rings (SSSR count). The lowest BCUT2D eigenvalue weighted by Gasteiger charge is -2.17. The van der Waals surface area contributed by atoms with Crippen LogP contribution in [-0.4, -0.2) is 38.1 Å². The smallest absolute Gasteiger partial charge is 0.351 e. The maximum atomic E-state index is 11.6. The van der Waals surface area contributed by atoms with E-state index in [1.807, 2.05) is 0 Å². The highest BCUT2D eigenvalue weighted by Crippen LogP contribution is 2.28. The summed E-state index contributed by atoms with van der Waals surface area (Å²) in [6.45, 7) is 1.59. The summed E-state index contributed by atoms with van der Waals surface area (Å²) in [7, 11) is 0. The Bertz CT molecular complexity index is 492. The van der Waals surface area contributed by atoms with Crippen LogP contribution in [-0.2, 0) is 4.74 Å². The molecule has 8 heteroatoms. The van der Waals surface area contributed by atoms with Gasteiger partial charge in [-0.15, -0.1) is 0 Å². The average Bonchev–Trinajstić information content (AvgIpc) is 2.51. The molecule has 4 N–H and O–H groups in total. The van der Waals surface area contributed by atoms with Crippen LogP contribution in [0.4, 0.5) is 5.82 Å². The summed E-state index contributed by atoms with van der Waals surface area (Å²) < 4.78 is 6.28. The Balaban J connectivity index is 2.42. The van der Waals surface area contributed by atoms with Gasteiger partial charge in [0.1, 0.15) is 18.0 Å². The van der Waals surface area contributed by atoms with E-state index in [-0.39, 0.29) is 10.8 Å². The Morgan fingerprint density at radius 2 is 2.18 bits per heavy atom. The molecule has 7 nitrogen and oxygen atoms in total. The Morgan fingerprint density at radius 3 is 2.71 bits per heavy atom. The van der Waals surface area contributed by atoms with Crippen LogP contribution in [0.2, 0.25) is 5.02 Å². The molecule has 1 unspecified atom stereocenters. The SMILES string of the molecule is C[C@@H]1O[C@H](n2cc(Cl)c(N)nc2=O)[C@H](O)C1O. The number of hydrogen-bond donors (Lipinski definition) is 3.